The van der Waals surface area contributed by atoms with Crippen LogP contribution in [0.2, 0.25) is 0 Å². The van der Waals surface area contributed by atoms with Gasteiger partial charge in [0.1, 0.15) is 0 Å². The molecule has 2 heterocycles. The second kappa shape index (κ2) is 9.37. The normalized spacial score (nSPS) is 9.80. The highest BCUT2D eigenvalue weighted by atomic mass is 32.1. The molecule has 0 unspecified atom stereocenters. The van der Waals surface area contributed by atoms with Crippen LogP contribution in [0.4, 0.5) is 0 Å². The van der Waals surface area contributed by atoms with Crippen LogP contribution in [-0.4, -0.2) is 0 Å². The second-order valence-electron chi connectivity index (χ2n) is 6.56. The highest BCUT2D eigenvalue weighted by Crippen LogP contribution is 2.17. The lowest BCUT2D eigenvalue weighted by Crippen LogP contribution is -2.29. The average molecular weight is 423 g/mol. The van der Waals surface area contributed by atoms with Crippen LogP contribution in [-0.2, 0) is 0 Å². The van der Waals surface area contributed by atoms with Gasteiger partial charge in [0.15, 0.2) is 24.8 Å². The highest BCUT2D eigenvalue weighted by Gasteiger charge is 2.09. The maximum absolute atomic E-state index is 3.94. The molecule has 0 amide bonds. The van der Waals surface area contributed by atoms with Crippen LogP contribution in [0.5, 0.6) is 0 Å². The predicted molar refractivity (Wildman–Crippen MR) is 127 cm³/mol. The third kappa shape index (κ3) is 4.58. The summed E-state index contributed by atoms with van der Waals surface area (Å²) in [5, 5.41) is 5.24. The van der Waals surface area contributed by atoms with E-state index in [9.17, 15) is 0 Å². The van der Waals surface area contributed by atoms with Crippen LogP contribution in [0.1, 0.15) is 11.1 Å². The third-order valence-corrected chi connectivity index (χ3v) is 4.95. The fourth-order valence-electron chi connectivity index (χ4n) is 3.14. The first-order valence-electron chi connectivity index (χ1n) is 9.31. The Morgan fingerprint density at radius 2 is 0.800 bits per heavy atom. The number of benzene rings is 2. The van der Waals surface area contributed by atoms with E-state index in [4.69, 9.17) is 0 Å². The van der Waals surface area contributed by atoms with E-state index in [1.807, 2.05) is 48.5 Å². The zero-order valence-corrected chi connectivity index (χ0v) is 17.8. The van der Waals surface area contributed by atoms with Crippen molar-refractivity contribution in [2.45, 2.75) is 0 Å². The van der Waals surface area contributed by atoms with Crippen molar-refractivity contribution in [1.29, 1.82) is 0 Å². The first-order valence-corrected chi connectivity index (χ1v) is 10.2. The van der Waals surface area contributed by atoms with Gasteiger partial charge in [-0.25, -0.2) is 0 Å². The van der Waals surface area contributed by atoms with E-state index in [2.05, 4.69) is 106 Å². The third-order valence-electron chi connectivity index (χ3n) is 4.72. The molecule has 0 bridgehead atoms. The minimum atomic E-state index is 0.952. The number of hydrogen-bond donors (Lipinski definition) is 2. The molecule has 0 fully saturated rings. The molecular formula is C26H18N2S2+2. The number of thiol groups is 2. The fraction of sp³-hybridized carbons (Fsp3) is 0. The van der Waals surface area contributed by atoms with Gasteiger partial charge in [0.05, 0.1) is 0 Å². The Bertz CT molecular complexity index is 1160. The van der Waals surface area contributed by atoms with E-state index in [0.717, 1.165) is 33.6 Å². The minimum Gasteiger partial charge on any atom is -0.167 e. The first-order chi connectivity index (χ1) is 14.8. The first kappa shape index (κ1) is 19.9. The minimum absolute atomic E-state index is 0.952. The van der Waals surface area contributed by atoms with Gasteiger partial charge in [-0.1, -0.05) is 37.1 Å². The van der Waals surface area contributed by atoms with Gasteiger partial charge >= 0.3 is 0 Å². The summed E-state index contributed by atoms with van der Waals surface area (Å²) in [6, 6.07) is 24.6. The number of rotatable bonds is 3. The van der Waals surface area contributed by atoms with E-state index in [1.165, 1.54) is 0 Å². The molecule has 0 N–H and O–H groups in total. The molecular weight excluding hydrogens is 404 g/mol. The Labute approximate surface area is 187 Å². The van der Waals surface area contributed by atoms with E-state index >= 15 is 0 Å². The predicted octanol–water partition coefficient (Wildman–Crippen LogP) is 4.38. The topological polar surface area (TPSA) is 7.76 Å². The van der Waals surface area contributed by atoms with Crippen LogP contribution >= 0.6 is 25.3 Å². The summed E-state index contributed by atoms with van der Waals surface area (Å²) in [5.74, 6) is 5.87. The van der Waals surface area contributed by atoms with Crippen molar-refractivity contribution in [2.75, 3.05) is 0 Å². The van der Waals surface area contributed by atoms with Crippen LogP contribution in [0.3, 0.4) is 0 Å². The molecule has 0 saturated carbocycles. The molecule has 4 heteroatoms. The van der Waals surface area contributed by atoms with Crippen molar-refractivity contribution in [3.8, 4) is 44.8 Å². The standard InChI is InChI=1S/C26H16N2S2/c29-19-13-21-1-5-25(6-2-21)27-15-9-23(10-16-27)24-11-17-28(18-12-24)26-7-3-22(4-8-26)14-20-30/h1-12,15-18H/p+2. The van der Waals surface area contributed by atoms with E-state index in [-0.39, 0.29) is 0 Å². The molecule has 2 nitrogen and oxygen atoms in total. The summed E-state index contributed by atoms with van der Waals surface area (Å²) in [5.41, 5.74) is 6.40. The molecule has 0 saturated heterocycles. The average Bonchev–Trinajstić information content (AvgIpc) is 2.81. The Hall–Kier alpha value is -3.44. The van der Waals surface area contributed by atoms with Gasteiger partial charge in [0, 0.05) is 59.7 Å². The lowest BCUT2D eigenvalue weighted by atomic mass is 10.1. The maximum atomic E-state index is 3.94. The van der Waals surface area contributed by atoms with Gasteiger partial charge in [-0.15, -0.1) is 0 Å². The number of hydrogen-bond acceptors (Lipinski definition) is 2. The van der Waals surface area contributed by atoms with Crippen molar-refractivity contribution in [2.24, 2.45) is 0 Å². The van der Waals surface area contributed by atoms with Gasteiger partial charge < -0.3 is 0 Å². The lowest BCUT2D eigenvalue weighted by molar-refractivity contribution is -0.596. The molecule has 4 rings (SSSR count). The zero-order chi connectivity index (χ0) is 20.8. The van der Waals surface area contributed by atoms with Gasteiger partial charge in [-0.2, -0.15) is 9.13 Å². The Balaban J connectivity index is 1.52. The fourth-order valence-corrected chi connectivity index (χ4v) is 3.40. The Morgan fingerprint density at radius 1 is 0.467 bits per heavy atom. The summed E-state index contributed by atoms with van der Waals surface area (Å²) in [7, 11) is 0. The van der Waals surface area contributed by atoms with E-state index in [1.54, 1.807) is 0 Å². The molecule has 0 aliphatic carbocycles. The summed E-state index contributed by atoms with van der Waals surface area (Å²) in [6.07, 6.45) is 8.27. The van der Waals surface area contributed by atoms with Crippen molar-refractivity contribution in [1.82, 2.24) is 0 Å². The lowest BCUT2D eigenvalue weighted by Gasteiger charge is -2.02. The molecule has 0 radical (unpaired) electrons. The molecule has 30 heavy (non-hydrogen) atoms. The van der Waals surface area contributed by atoms with Crippen molar-refractivity contribution in [3.05, 3.63) is 109 Å². The SMILES string of the molecule is SC#Cc1ccc(-[n+]2ccc(-c3cc[n+](-c4ccc(C#CS)cc4)cc3)cc2)cc1. The molecule has 0 aliphatic heterocycles. The van der Waals surface area contributed by atoms with Gasteiger partial charge in [-0.3, -0.25) is 0 Å². The van der Waals surface area contributed by atoms with Crippen LogP contribution in [0.25, 0.3) is 22.5 Å². The number of aromatic nitrogens is 2. The summed E-state index contributed by atoms with van der Waals surface area (Å²) in [6.45, 7) is 0. The van der Waals surface area contributed by atoms with Crippen LogP contribution in [0.15, 0.2) is 97.6 Å². The summed E-state index contributed by atoms with van der Waals surface area (Å²) in [4.78, 5) is 0. The van der Waals surface area contributed by atoms with Gasteiger partial charge in [0.25, 0.3) is 0 Å². The molecule has 0 spiro atoms. The summed E-state index contributed by atoms with van der Waals surface area (Å²) >= 11 is 7.87. The van der Waals surface area contributed by atoms with Gasteiger partial charge in [-0.05, 0) is 45.9 Å². The Morgan fingerprint density at radius 3 is 1.10 bits per heavy atom. The highest BCUT2D eigenvalue weighted by molar-refractivity contribution is 7.85. The molecule has 0 aliphatic rings. The Kier molecular flexibility index (Phi) is 6.20. The molecule has 142 valence electrons. The molecule has 2 aromatic heterocycles. The molecule has 4 aromatic rings. The largest absolute Gasteiger partial charge is 0.210 e. The van der Waals surface area contributed by atoms with E-state index < -0.39 is 0 Å². The number of pyridine rings is 2. The van der Waals surface area contributed by atoms with Crippen molar-refractivity contribution < 1.29 is 9.13 Å². The number of nitrogens with zero attached hydrogens (tertiary/aromatic N) is 2. The molecule has 2 aromatic carbocycles. The second-order valence-corrected chi connectivity index (χ2v) is 7.00. The summed E-state index contributed by atoms with van der Waals surface area (Å²) < 4.78 is 4.17. The maximum Gasteiger partial charge on any atom is 0.210 e. The quantitative estimate of drug-likeness (QED) is 0.275. The van der Waals surface area contributed by atoms with Crippen LogP contribution < -0.4 is 9.13 Å². The van der Waals surface area contributed by atoms with Crippen molar-refractivity contribution in [3.63, 3.8) is 0 Å². The molecule has 0 atom stereocenters. The van der Waals surface area contributed by atoms with Gasteiger partial charge in [0.2, 0.25) is 11.4 Å². The smallest absolute Gasteiger partial charge is 0.167 e. The zero-order valence-electron chi connectivity index (χ0n) is 16.0. The van der Waals surface area contributed by atoms with Crippen LogP contribution in [0, 0.1) is 22.3 Å². The van der Waals surface area contributed by atoms with E-state index in [0.29, 0.717) is 0 Å². The van der Waals surface area contributed by atoms with Crippen molar-refractivity contribution >= 4 is 25.3 Å². The monoisotopic (exact) mass is 422 g/mol.